The number of nitrogens with zero attached hydrogens (tertiary/aromatic N) is 2. The summed E-state index contributed by atoms with van der Waals surface area (Å²) in [6, 6.07) is 15.8. The second kappa shape index (κ2) is 10.5. The fourth-order valence-electron chi connectivity index (χ4n) is 4.85. The van der Waals surface area contributed by atoms with Gasteiger partial charge >= 0.3 is 0 Å². The van der Waals surface area contributed by atoms with E-state index in [2.05, 4.69) is 10.3 Å². The molecule has 0 unspecified atom stereocenters. The van der Waals surface area contributed by atoms with Crippen LogP contribution in [-0.2, 0) is 22.9 Å². The van der Waals surface area contributed by atoms with Crippen LogP contribution in [0.1, 0.15) is 58.5 Å². The minimum atomic E-state index is -3.63. The number of hydrogen-bond donors (Lipinski definition) is 2. The van der Waals surface area contributed by atoms with E-state index in [1.165, 1.54) is 26.6 Å². The summed E-state index contributed by atoms with van der Waals surface area (Å²) < 4.78 is 27.8. The van der Waals surface area contributed by atoms with Crippen molar-refractivity contribution in [1.29, 1.82) is 0 Å². The quantitative estimate of drug-likeness (QED) is 0.347. The lowest BCUT2D eigenvalue weighted by molar-refractivity contribution is 0.102. The van der Waals surface area contributed by atoms with Crippen LogP contribution >= 0.6 is 11.3 Å². The van der Waals surface area contributed by atoms with Crippen LogP contribution in [0.4, 0.5) is 10.7 Å². The Morgan fingerprint density at radius 1 is 0.944 bits per heavy atom. The molecule has 1 amide bonds. The number of amides is 1. The number of anilines is 1. The summed E-state index contributed by atoms with van der Waals surface area (Å²) in [5.74, 6) is 0.00961. The zero-order chi connectivity index (χ0) is 25.1. The lowest BCUT2D eigenvalue weighted by atomic mass is 9.95. The Hall–Kier alpha value is -3.01. The largest absolute Gasteiger partial charge is 0.383 e. The maximum Gasteiger partial charge on any atom is 0.256 e. The summed E-state index contributed by atoms with van der Waals surface area (Å²) in [5.41, 5.74) is 9.47. The van der Waals surface area contributed by atoms with E-state index in [0.29, 0.717) is 29.5 Å². The summed E-state index contributed by atoms with van der Waals surface area (Å²) >= 11 is 1.54. The molecule has 1 aromatic heterocycles. The number of aryl methyl sites for hydroxylation is 1. The zero-order valence-corrected chi connectivity index (χ0v) is 21.7. The lowest BCUT2D eigenvalue weighted by Gasteiger charge is -2.26. The van der Waals surface area contributed by atoms with E-state index in [4.69, 9.17) is 5.73 Å². The predicted molar refractivity (Wildman–Crippen MR) is 145 cm³/mol. The fraction of sp³-hybridized carbons (Fsp3) is 0.333. The first-order chi connectivity index (χ1) is 17.4. The Kier molecular flexibility index (Phi) is 7.22. The van der Waals surface area contributed by atoms with Crippen molar-refractivity contribution < 1.29 is 13.2 Å². The number of carbonyl (C=O) groups excluding carboxylic acids is 1. The first kappa shape index (κ1) is 24.7. The first-order valence-corrected chi connectivity index (χ1v) is 14.6. The molecule has 0 atom stereocenters. The molecular formula is C27H30N4O3S2. The summed E-state index contributed by atoms with van der Waals surface area (Å²) in [4.78, 5) is 19.3. The summed E-state index contributed by atoms with van der Waals surface area (Å²) in [6.45, 7) is 1.03. The third kappa shape index (κ3) is 5.09. The number of sulfonamides is 1. The lowest BCUT2D eigenvalue weighted by Crippen LogP contribution is -2.35. The van der Waals surface area contributed by atoms with Gasteiger partial charge in [0.05, 0.1) is 16.1 Å². The first-order valence-electron chi connectivity index (χ1n) is 12.4. The SMILES string of the molecule is NC(=Nc1ccccc1)c1c(NC(=O)c2cccc(S(=O)(=O)N3CCCCC3)c2)sc2c1CCCC2. The number of nitrogens with two attached hydrogens (primary N) is 1. The molecule has 2 aromatic carbocycles. The Bertz CT molecular complexity index is 1390. The van der Waals surface area contributed by atoms with Crippen molar-refractivity contribution in [2.75, 3.05) is 18.4 Å². The summed E-state index contributed by atoms with van der Waals surface area (Å²) in [7, 11) is -3.63. The van der Waals surface area contributed by atoms with Crippen LogP contribution in [0.25, 0.3) is 0 Å². The number of amidine groups is 1. The molecule has 1 aliphatic carbocycles. The Morgan fingerprint density at radius 2 is 1.69 bits per heavy atom. The molecule has 1 saturated heterocycles. The van der Waals surface area contributed by atoms with Crippen molar-refractivity contribution in [1.82, 2.24) is 4.31 Å². The number of hydrogen-bond acceptors (Lipinski definition) is 5. The molecule has 1 aliphatic heterocycles. The van der Waals surface area contributed by atoms with Gasteiger partial charge in [0.15, 0.2) is 0 Å². The average molecular weight is 523 g/mol. The van der Waals surface area contributed by atoms with Crippen molar-refractivity contribution in [2.45, 2.75) is 49.8 Å². The molecule has 0 saturated carbocycles. The van der Waals surface area contributed by atoms with Gasteiger partial charge in [-0.1, -0.05) is 30.7 Å². The smallest absolute Gasteiger partial charge is 0.256 e. The highest BCUT2D eigenvalue weighted by Crippen LogP contribution is 2.38. The number of para-hydroxylation sites is 1. The van der Waals surface area contributed by atoms with Gasteiger partial charge in [-0.2, -0.15) is 4.31 Å². The summed E-state index contributed by atoms with van der Waals surface area (Å²) in [5, 5.41) is 3.68. The number of rotatable bonds is 6. The number of piperidine rings is 1. The topological polar surface area (TPSA) is 105 Å². The van der Waals surface area contributed by atoms with Crippen molar-refractivity contribution in [3.8, 4) is 0 Å². The van der Waals surface area contributed by atoms with Gasteiger partial charge in [-0.15, -0.1) is 11.3 Å². The molecule has 3 aromatic rings. The van der Waals surface area contributed by atoms with Crippen LogP contribution in [-0.4, -0.2) is 37.6 Å². The number of aliphatic imine (C=N–C) groups is 1. The predicted octanol–water partition coefficient (Wildman–Crippen LogP) is 5.09. The van der Waals surface area contributed by atoms with Crippen molar-refractivity contribution in [3.05, 3.63) is 76.2 Å². The maximum absolute atomic E-state index is 13.3. The molecule has 9 heteroatoms. The Morgan fingerprint density at radius 3 is 2.47 bits per heavy atom. The minimum Gasteiger partial charge on any atom is -0.383 e. The van der Waals surface area contributed by atoms with E-state index in [9.17, 15) is 13.2 Å². The summed E-state index contributed by atoms with van der Waals surface area (Å²) in [6.07, 6.45) is 6.77. The third-order valence-electron chi connectivity index (χ3n) is 6.71. The molecule has 5 rings (SSSR count). The molecule has 0 bridgehead atoms. The molecule has 3 N–H and O–H groups in total. The van der Waals surface area contributed by atoms with Gasteiger partial charge in [-0.3, -0.25) is 4.79 Å². The van der Waals surface area contributed by atoms with Crippen LogP contribution < -0.4 is 11.1 Å². The molecular weight excluding hydrogens is 492 g/mol. The molecule has 0 radical (unpaired) electrons. The highest BCUT2D eigenvalue weighted by molar-refractivity contribution is 7.89. The van der Waals surface area contributed by atoms with Gasteiger partial charge in [0.2, 0.25) is 10.0 Å². The molecule has 2 heterocycles. The van der Waals surface area contributed by atoms with Gasteiger partial charge in [0.25, 0.3) is 5.91 Å². The van der Waals surface area contributed by atoms with Crippen molar-refractivity contribution in [2.24, 2.45) is 10.7 Å². The highest BCUT2D eigenvalue weighted by Gasteiger charge is 2.28. The van der Waals surface area contributed by atoms with E-state index in [-0.39, 0.29) is 10.8 Å². The van der Waals surface area contributed by atoms with E-state index in [1.807, 2.05) is 30.3 Å². The number of thiophene rings is 1. The Labute approximate surface area is 216 Å². The minimum absolute atomic E-state index is 0.146. The van der Waals surface area contributed by atoms with E-state index in [0.717, 1.165) is 61.8 Å². The zero-order valence-electron chi connectivity index (χ0n) is 20.1. The van der Waals surface area contributed by atoms with Gasteiger partial charge in [0.1, 0.15) is 10.8 Å². The standard InChI is InChI=1S/C27H30N4O3S2/c28-25(29-20-11-3-1-4-12-20)24-22-14-5-6-15-23(22)35-27(24)30-26(32)19-10-9-13-21(18-19)36(33,34)31-16-7-2-8-17-31/h1,3-4,9-13,18H,2,5-8,14-17H2,(H2,28,29)(H,30,32). The molecule has 7 nitrogen and oxygen atoms in total. The van der Waals surface area contributed by atoms with Crippen LogP contribution in [0.5, 0.6) is 0 Å². The number of fused-ring (bicyclic) bond motifs is 1. The van der Waals surface area contributed by atoms with Crippen LogP contribution in [0, 0.1) is 0 Å². The van der Waals surface area contributed by atoms with Gasteiger partial charge < -0.3 is 11.1 Å². The van der Waals surface area contributed by atoms with E-state index in [1.54, 1.807) is 18.2 Å². The van der Waals surface area contributed by atoms with Gasteiger partial charge in [-0.25, -0.2) is 13.4 Å². The molecule has 0 spiro atoms. The van der Waals surface area contributed by atoms with Crippen LogP contribution in [0.15, 0.2) is 64.5 Å². The number of nitrogens with one attached hydrogen (secondary N) is 1. The molecule has 36 heavy (non-hydrogen) atoms. The molecule has 1 fully saturated rings. The van der Waals surface area contributed by atoms with Crippen molar-refractivity contribution in [3.63, 3.8) is 0 Å². The number of carbonyl (C=O) groups is 1. The Balaban J connectivity index is 1.45. The average Bonchev–Trinajstić information content (AvgIpc) is 3.27. The molecule has 188 valence electrons. The molecule has 2 aliphatic rings. The van der Waals surface area contributed by atoms with Gasteiger partial charge in [-0.05, 0) is 74.4 Å². The van der Waals surface area contributed by atoms with E-state index >= 15 is 0 Å². The second-order valence-electron chi connectivity index (χ2n) is 9.19. The van der Waals surface area contributed by atoms with E-state index < -0.39 is 10.0 Å². The number of benzene rings is 2. The van der Waals surface area contributed by atoms with Crippen LogP contribution in [0.3, 0.4) is 0 Å². The van der Waals surface area contributed by atoms with Gasteiger partial charge in [0, 0.05) is 23.5 Å². The van der Waals surface area contributed by atoms with Crippen molar-refractivity contribution >= 4 is 43.8 Å². The highest BCUT2D eigenvalue weighted by atomic mass is 32.2. The second-order valence-corrected chi connectivity index (χ2v) is 12.2. The fourth-order valence-corrected chi connectivity index (χ4v) is 7.71. The normalized spacial score (nSPS) is 16.9. The van der Waals surface area contributed by atoms with Crippen LogP contribution in [0.2, 0.25) is 0 Å². The monoisotopic (exact) mass is 522 g/mol. The maximum atomic E-state index is 13.3. The third-order valence-corrected chi connectivity index (χ3v) is 9.81.